The molecule has 0 aromatic heterocycles. The number of nitrogens with zero attached hydrogens (tertiary/aromatic N) is 1. The summed E-state index contributed by atoms with van der Waals surface area (Å²) in [6, 6.07) is 5.16. The summed E-state index contributed by atoms with van der Waals surface area (Å²) < 4.78 is 9.83. The molecule has 8 heteroatoms. The number of nitrogens with one attached hydrogen (secondary N) is 1. The van der Waals surface area contributed by atoms with Crippen LogP contribution in [-0.2, 0) is 30.4 Å². The van der Waals surface area contributed by atoms with Crippen LogP contribution >= 0.6 is 0 Å². The molecule has 1 rings (SSSR count). The lowest BCUT2D eigenvalue weighted by Gasteiger charge is -2.27. The Hall–Kier alpha value is -2.90. The van der Waals surface area contributed by atoms with E-state index in [2.05, 4.69) is 0 Å². The predicted molar refractivity (Wildman–Crippen MR) is 90.7 cm³/mol. The molecule has 0 aliphatic rings. The van der Waals surface area contributed by atoms with Gasteiger partial charge in [-0.1, -0.05) is 18.2 Å². The zero-order chi connectivity index (χ0) is 19.0. The van der Waals surface area contributed by atoms with Crippen LogP contribution < -0.4 is 5.73 Å². The highest BCUT2D eigenvalue weighted by Gasteiger charge is 2.37. The van der Waals surface area contributed by atoms with Gasteiger partial charge in [-0.3, -0.25) is 10.2 Å². The number of nitrogens with two attached hydrogens (primary N) is 1. The maximum atomic E-state index is 12.2. The van der Waals surface area contributed by atoms with Crippen molar-refractivity contribution in [2.24, 2.45) is 5.73 Å². The fourth-order valence-corrected chi connectivity index (χ4v) is 2.21. The van der Waals surface area contributed by atoms with Gasteiger partial charge in [0.25, 0.3) is 0 Å². The number of amides is 1. The molecule has 0 aliphatic heterocycles. The smallest absolute Gasteiger partial charge is 0.340 e. The van der Waals surface area contributed by atoms with Crippen molar-refractivity contribution in [1.29, 1.82) is 5.41 Å². The maximum Gasteiger partial charge on any atom is 0.340 e. The minimum Gasteiger partial charge on any atom is -0.464 e. The van der Waals surface area contributed by atoms with Gasteiger partial charge in [-0.15, -0.1) is 0 Å². The van der Waals surface area contributed by atoms with Crippen molar-refractivity contribution in [3.05, 3.63) is 35.4 Å². The average Bonchev–Trinajstić information content (AvgIpc) is 2.55. The lowest BCUT2D eigenvalue weighted by atomic mass is 10.1. The molecule has 0 bridgehead atoms. The molecule has 1 aromatic carbocycles. The Balaban J connectivity index is 3.18. The van der Waals surface area contributed by atoms with Gasteiger partial charge in [0.1, 0.15) is 5.84 Å². The summed E-state index contributed by atoms with van der Waals surface area (Å²) in [6.45, 7) is 4.57. The van der Waals surface area contributed by atoms with Crippen molar-refractivity contribution in [1.82, 2.24) is 4.90 Å². The number of benzene rings is 1. The fourth-order valence-electron chi connectivity index (χ4n) is 2.21. The highest BCUT2D eigenvalue weighted by atomic mass is 16.6. The molecule has 0 fully saturated rings. The lowest BCUT2D eigenvalue weighted by Crippen LogP contribution is -2.50. The second kappa shape index (κ2) is 9.41. The van der Waals surface area contributed by atoms with Gasteiger partial charge in [-0.05, 0) is 25.5 Å². The van der Waals surface area contributed by atoms with Crippen LogP contribution in [0, 0.1) is 5.41 Å². The van der Waals surface area contributed by atoms with E-state index in [0.717, 1.165) is 4.90 Å². The summed E-state index contributed by atoms with van der Waals surface area (Å²) in [4.78, 5) is 37.5. The Morgan fingerprint density at radius 2 is 1.72 bits per heavy atom. The zero-order valence-corrected chi connectivity index (χ0v) is 14.6. The maximum absolute atomic E-state index is 12.2. The summed E-state index contributed by atoms with van der Waals surface area (Å²) in [5.74, 6) is -2.30. The molecule has 25 heavy (non-hydrogen) atoms. The van der Waals surface area contributed by atoms with Gasteiger partial charge in [-0.25, -0.2) is 9.59 Å². The van der Waals surface area contributed by atoms with Gasteiger partial charge in [0, 0.05) is 19.0 Å². The number of ether oxygens (including phenoxy) is 2. The number of rotatable bonds is 8. The van der Waals surface area contributed by atoms with Crippen LogP contribution in [0.5, 0.6) is 0 Å². The topological polar surface area (TPSA) is 123 Å². The van der Waals surface area contributed by atoms with E-state index in [1.807, 2.05) is 0 Å². The van der Waals surface area contributed by atoms with Gasteiger partial charge in [-0.2, -0.15) is 0 Å². The molecule has 3 N–H and O–H groups in total. The van der Waals surface area contributed by atoms with E-state index in [1.54, 1.807) is 38.1 Å². The number of carbonyl (C=O) groups excluding carboxylic acids is 3. The van der Waals surface area contributed by atoms with Gasteiger partial charge in [0.15, 0.2) is 0 Å². The normalized spacial score (nSPS) is 10.2. The molecule has 0 radical (unpaired) electrons. The number of amidine groups is 1. The van der Waals surface area contributed by atoms with Crippen molar-refractivity contribution in [2.45, 2.75) is 33.4 Å². The van der Waals surface area contributed by atoms with E-state index < -0.39 is 23.9 Å². The summed E-state index contributed by atoms with van der Waals surface area (Å²) in [5.41, 5.74) is 6.55. The van der Waals surface area contributed by atoms with E-state index in [4.69, 9.17) is 20.6 Å². The van der Waals surface area contributed by atoms with Crippen LogP contribution in [0.25, 0.3) is 0 Å². The summed E-state index contributed by atoms with van der Waals surface area (Å²) in [5, 5.41) is 7.48. The molecule has 0 aliphatic carbocycles. The second-order valence-electron chi connectivity index (χ2n) is 5.17. The van der Waals surface area contributed by atoms with Gasteiger partial charge < -0.3 is 20.1 Å². The molecule has 0 saturated carbocycles. The quantitative estimate of drug-likeness (QED) is 0.310. The first kappa shape index (κ1) is 20.1. The Kier molecular flexibility index (Phi) is 7.58. The first-order valence-electron chi connectivity index (χ1n) is 7.85. The third kappa shape index (κ3) is 5.59. The lowest BCUT2D eigenvalue weighted by molar-refractivity contribution is -0.167. The Morgan fingerprint density at radius 1 is 1.16 bits per heavy atom. The monoisotopic (exact) mass is 349 g/mol. The molecule has 8 nitrogen and oxygen atoms in total. The molecule has 0 unspecified atom stereocenters. The molecule has 0 heterocycles. The van der Waals surface area contributed by atoms with Crippen LogP contribution in [0.3, 0.4) is 0 Å². The standard InChI is InChI=1S/C17H23N3O5/c1-4-24-16(22)14(17(23)25-5-2)20(11(3)21)10-12-7-6-8-13(9-12)15(18)19/h6-9,14H,4-5,10H2,1-3H3,(H3,18,19). The molecule has 136 valence electrons. The highest BCUT2D eigenvalue weighted by Crippen LogP contribution is 2.14. The Bertz CT molecular complexity index is 641. The molecular formula is C17H23N3O5. The van der Waals surface area contributed by atoms with E-state index in [0.29, 0.717) is 11.1 Å². The number of carbonyl (C=O) groups is 3. The first-order chi connectivity index (χ1) is 11.8. The number of esters is 2. The van der Waals surface area contributed by atoms with Crippen LogP contribution in [0.1, 0.15) is 31.9 Å². The second-order valence-corrected chi connectivity index (χ2v) is 5.17. The van der Waals surface area contributed by atoms with Crippen molar-refractivity contribution in [3.63, 3.8) is 0 Å². The van der Waals surface area contributed by atoms with Crippen molar-refractivity contribution in [2.75, 3.05) is 13.2 Å². The van der Waals surface area contributed by atoms with Gasteiger partial charge >= 0.3 is 11.9 Å². The molecule has 1 amide bonds. The number of nitrogen functional groups attached to an aromatic ring is 1. The van der Waals surface area contributed by atoms with E-state index in [-0.39, 0.29) is 25.6 Å². The molecule has 1 aromatic rings. The van der Waals surface area contributed by atoms with E-state index in [9.17, 15) is 14.4 Å². The fraction of sp³-hybridized carbons (Fsp3) is 0.412. The summed E-state index contributed by atoms with van der Waals surface area (Å²) in [7, 11) is 0. The average molecular weight is 349 g/mol. The van der Waals surface area contributed by atoms with Gasteiger partial charge in [0.2, 0.25) is 11.9 Å². The summed E-state index contributed by atoms with van der Waals surface area (Å²) >= 11 is 0. The molecule has 0 atom stereocenters. The molecule has 0 saturated heterocycles. The Labute approximate surface area is 146 Å². The largest absolute Gasteiger partial charge is 0.464 e. The van der Waals surface area contributed by atoms with Gasteiger partial charge in [0.05, 0.1) is 13.2 Å². The zero-order valence-electron chi connectivity index (χ0n) is 14.6. The van der Waals surface area contributed by atoms with Crippen LogP contribution in [0.15, 0.2) is 24.3 Å². The number of hydrogen-bond donors (Lipinski definition) is 2. The molecular weight excluding hydrogens is 326 g/mol. The third-order valence-electron chi connectivity index (χ3n) is 3.33. The van der Waals surface area contributed by atoms with Crippen molar-refractivity contribution >= 4 is 23.7 Å². The summed E-state index contributed by atoms with van der Waals surface area (Å²) in [6.07, 6.45) is 0. The van der Waals surface area contributed by atoms with Crippen LogP contribution in [0.4, 0.5) is 0 Å². The molecule has 0 spiro atoms. The van der Waals surface area contributed by atoms with E-state index >= 15 is 0 Å². The van der Waals surface area contributed by atoms with Crippen LogP contribution in [-0.4, -0.2) is 47.8 Å². The first-order valence-corrected chi connectivity index (χ1v) is 7.85. The van der Waals surface area contributed by atoms with Crippen molar-refractivity contribution < 1.29 is 23.9 Å². The predicted octanol–water partition coefficient (Wildman–Crippen LogP) is 0.814. The van der Waals surface area contributed by atoms with Crippen molar-refractivity contribution in [3.8, 4) is 0 Å². The SMILES string of the molecule is CCOC(=O)C(C(=O)OCC)N(Cc1cccc(C(=N)N)c1)C(C)=O. The Morgan fingerprint density at radius 3 is 2.16 bits per heavy atom. The minimum absolute atomic E-state index is 0.0290. The third-order valence-corrected chi connectivity index (χ3v) is 3.33. The number of hydrogen-bond acceptors (Lipinski definition) is 6. The minimum atomic E-state index is -1.49. The highest BCUT2D eigenvalue weighted by molar-refractivity contribution is 6.02. The van der Waals surface area contributed by atoms with E-state index in [1.165, 1.54) is 6.92 Å². The van der Waals surface area contributed by atoms with Crippen LogP contribution in [0.2, 0.25) is 0 Å².